The predicted molar refractivity (Wildman–Crippen MR) is 157 cm³/mol. The fourth-order valence-electron chi connectivity index (χ4n) is 5.22. The monoisotopic (exact) mass is 548 g/mol. The molecule has 0 bridgehead atoms. The number of carbonyl (C=O) groups is 1. The van der Waals surface area contributed by atoms with E-state index in [2.05, 4.69) is 9.97 Å². The summed E-state index contributed by atoms with van der Waals surface area (Å²) in [7, 11) is 1.91. The first-order chi connectivity index (χ1) is 19.9. The minimum Gasteiger partial charge on any atom is -0.494 e. The van der Waals surface area contributed by atoms with Gasteiger partial charge in [0.1, 0.15) is 0 Å². The maximum atomic E-state index is 12.0. The number of nitrogens with one attached hydrogen (secondary N) is 1. The van der Waals surface area contributed by atoms with E-state index in [4.69, 9.17) is 4.99 Å². The molecule has 5 aromatic rings. The van der Waals surface area contributed by atoms with Crippen LogP contribution in [0.25, 0.3) is 22.2 Å². The van der Waals surface area contributed by atoms with Crippen molar-refractivity contribution in [3.63, 3.8) is 0 Å². The summed E-state index contributed by atoms with van der Waals surface area (Å²) in [4.78, 5) is 37.2. The third-order valence-corrected chi connectivity index (χ3v) is 7.39. The zero-order chi connectivity index (χ0) is 28.5. The molecule has 2 N–H and O–H groups in total. The van der Waals surface area contributed by atoms with E-state index in [-0.39, 0.29) is 17.5 Å². The van der Waals surface area contributed by atoms with Crippen LogP contribution >= 0.6 is 0 Å². The minimum atomic E-state index is -0.458. The molecule has 0 saturated carbocycles. The summed E-state index contributed by atoms with van der Waals surface area (Å²) in [5.74, 6) is 0.0787. The van der Waals surface area contributed by atoms with Crippen LogP contribution in [0.1, 0.15) is 29.5 Å². The van der Waals surface area contributed by atoms with Crippen LogP contribution in [0.15, 0.2) is 84.2 Å². The Kier molecular flexibility index (Phi) is 6.80. The molecule has 2 aromatic heterocycles. The fourth-order valence-corrected chi connectivity index (χ4v) is 5.22. The Labute approximate surface area is 235 Å². The topological polar surface area (TPSA) is 130 Å². The molecule has 1 aliphatic heterocycles. The molecule has 0 radical (unpaired) electrons. The van der Waals surface area contributed by atoms with Crippen molar-refractivity contribution in [1.29, 1.82) is 0 Å². The van der Waals surface area contributed by atoms with E-state index < -0.39 is 4.92 Å². The van der Waals surface area contributed by atoms with Crippen LogP contribution in [0.3, 0.4) is 0 Å². The molecule has 3 aromatic carbocycles. The molecule has 0 atom stereocenters. The van der Waals surface area contributed by atoms with E-state index in [9.17, 15) is 20.0 Å². The summed E-state index contributed by atoms with van der Waals surface area (Å²) < 4.78 is 1.88. The zero-order valence-electron chi connectivity index (χ0n) is 22.4. The van der Waals surface area contributed by atoms with E-state index in [0.29, 0.717) is 40.8 Å². The summed E-state index contributed by atoms with van der Waals surface area (Å²) in [6, 6.07) is 19.9. The number of aromatic amines is 1. The fraction of sp³-hybridized carbons (Fsp3) is 0.194. The number of carbonyl (C=O) groups excluding carboxylic acids is 1. The number of likely N-dealkylation sites (tertiary alicyclic amines) is 1. The van der Waals surface area contributed by atoms with Crippen LogP contribution in [0, 0.1) is 10.1 Å². The molecular formula is C31H28N6O4. The lowest BCUT2D eigenvalue weighted by atomic mass is 9.98. The first-order valence-corrected chi connectivity index (χ1v) is 13.4. The number of H-pyrrole nitrogens is 1. The Morgan fingerprint density at radius 3 is 2.56 bits per heavy atom. The molecule has 0 spiro atoms. The SMILES string of the molecule is Cn1cnc(-c2ccc(N=C(c3ccc(CCN4CCCC4=O)cc3)c3c(O)[nH]c4ccc([N+](=O)[O-])cc34)cc2)c1. The van der Waals surface area contributed by atoms with Crippen molar-refractivity contribution < 1.29 is 14.8 Å². The summed E-state index contributed by atoms with van der Waals surface area (Å²) in [6.07, 6.45) is 5.94. The Morgan fingerprint density at radius 1 is 1.12 bits per heavy atom. The van der Waals surface area contributed by atoms with Crippen LogP contribution in [0.4, 0.5) is 11.4 Å². The van der Waals surface area contributed by atoms with Crippen LogP contribution in [0.2, 0.25) is 0 Å². The number of aliphatic imine (C=N–C) groups is 1. The van der Waals surface area contributed by atoms with Crippen LogP contribution < -0.4 is 0 Å². The summed E-state index contributed by atoms with van der Waals surface area (Å²) in [5.41, 5.74) is 5.59. The molecule has 1 fully saturated rings. The number of amides is 1. The van der Waals surface area contributed by atoms with Crippen molar-refractivity contribution in [2.45, 2.75) is 19.3 Å². The number of hydrogen-bond donors (Lipinski definition) is 2. The molecule has 10 heteroatoms. The maximum Gasteiger partial charge on any atom is 0.270 e. The largest absolute Gasteiger partial charge is 0.494 e. The van der Waals surface area contributed by atoms with Gasteiger partial charge in [-0.05, 0) is 36.6 Å². The van der Waals surface area contributed by atoms with Crippen molar-refractivity contribution in [2.24, 2.45) is 12.0 Å². The molecule has 0 aliphatic carbocycles. The van der Waals surface area contributed by atoms with Gasteiger partial charge in [-0.1, -0.05) is 36.4 Å². The van der Waals surface area contributed by atoms with Crippen molar-refractivity contribution in [2.75, 3.05) is 13.1 Å². The van der Waals surface area contributed by atoms with E-state index in [1.165, 1.54) is 12.1 Å². The van der Waals surface area contributed by atoms with E-state index in [1.807, 2.05) is 71.2 Å². The average molecular weight is 549 g/mol. The van der Waals surface area contributed by atoms with Gasteiger partial charge in [-0.2, -0.15) is 0 Å². The molecule has 1 aliphatic rings. The lowest BCUT2D eigenvalue weighted by Gasteiger charge is -2.15. The molecule has 41 heavy (non-hydrogen) atoms. The number of rotatable bonds is 8. The molecule has 1 amide bonds. The molecule has 1 saturated heterocycles. The van der Waals surface area contributed by atoms with Crippen LogP contribution in [-0.2, 0) is 18.3 Å². The van der Waals surface area contributed by atoms with Gasteiger partial charge < -0.3 is 19.6 Å². The number of aryl methyl sites for hydroxylation is 1. The normalized spacial score (nSPS) is 13.8. The van der Waals surface area contributed by atoms with Gasteiger partial charge in [-0.15, -0.1) is 0 Å². The summed E-state index contributed by atoms with van der Waals surface area (Å²) in [5, 5.41) is 23.0. The van der Waals surface area contributed by atoms with Gasteiger partial charge >= 0.3 is 0 Å². The summed E-state index contributed by atoms with van der Waals surface area (Å²) >= 11 is 0. The number of aromatic hydroxyl groups is 1. The van der Waals surface area contributed by atoms with Crippen molar-refractivity contribution in [3.8, 4) is 17.1 Å². The van der Waals surface area contributed by atoms with Gasteiger partial charge in [0, 0.05) is 66.9 Å². The van der Waals surface area contributed by atoms with Gasteiger partial charge in [0.05, 0.1) is 33.9 Å². The highest BCUT2D eigenvalue weighted by Gasteiger charge is 2.22. The van der Waals surface area contributed by atoms with Crippen molar-refractivity contribution in [3.05, 3.63) is 106 Å². The lowest BCUT2D eigenvalue weighted by Crippen LogP contribution is -2.26. The number of non-ortho nitro benzene ring substituents is 1. The van der Waals surface area contributed by atoms with Gasteiger partial charge in [0.15, 0.2) is 5.88 Å². The van der Waals surface area contributed by atoms with Gasteiger partial charge in [0.2, 0.25) is 5.91 Å². The maximum absolute atomic E-state index is 12.0. The Bertz CT molecular complexity index is 1780. The van der Waals surface area contributed by atoms with Crippen LogP contribution in [0.5, 0.6) is 5.88 Å². The number of nitro benzene ring substituents is 1. The van der Waals surface area contributed by atoms with E-state index >= 15 is 0 Å². The quantitative estimate of drug-likeness (QED) is 0.150. The zero-order valence-corrected chi connectivity index (χ0v) is 22.4. The standard InChI is InChI=1S/C31H28N6O4/c1-35-18-27(32-19-35)21-8-10-23(11-9-21)33-30(29-25-17-24(37(40)41)12-13-26(25)34-31(29)39)22-6-4-20(5-7-22)14-16-36-15-2-3-28(36)38/h4-13,17-19,34,39H,2-3,14-16H2,1H3. The molecule has 10 nitrogen and oxygen atoms in total. The van der Waals surface area contributed by atoms with Gasteiger partial charge in [-0.25, -0.2) is 9.98 Å². The molecular weight excluding hydrogens is 520 g/mol. The molecule has 206 valence electrons. The number of nitro groups is 1. The third kappa shape index (κ3) is 5.31. The second-order valence-electron chi connectivity index (χ2n) is 10.2. The first kappa shape index (κ1) is 26.0. The number of nitrogens with zero attached hydrogens (tertiary/aromatic N) is 5. The second kappa shape index (κ2) is 10.7. The number of benzene rings is 3. The number of aromatic nitrogens is 3. The Hall–Kier alpha value is -5.25. The number of imidazole rings is 1. The lowest BCUT2D eigenvalue weighted by molar-refractivity contribution is -0.384. The minimum absolute atomic E-state index is 0.0800. The predicted octanol–water partition coefficient (Wildman–Crippen LogP) is 5.52. The highest BCUT2D eigenvalue weighted by atomic mass is 16.6. The average Bonchev–Trinajstić information content (AvgIpc) is 3.68. The van der Waals surface area contributed by atoms with Gasteiger partial charge in [0.25, 0.3) is 5.69 Å². The first-order valence-electron chi connectivity index (χ1n) is 13.4. The number of hydrogen-bond acceptors (Lipinski definition) is 6. The second-order valence-corrected chi connectivity index (χ2v) is 10.2. The highest BCUT2D eigenvalue weighted by Crippen LogP contribution is 2.34. The molecule has 0 unspecified atom stereocenters. The van der Waals surface area contributed by atoms with E-state index in [1.54, 1.807) is 12.4 Å². The third-order valence-electron chi connectivity index (χ3n) is 7.39. The van der Waals surface area contributed by atoms with Crippen molar-refractivity contribution >= 4 is 33.9 Å². The van der Waals surface area contributed by atoms with Crippen LogP contribution in [-0.4, -0.2) is 54.2 Å². The number of fused-ring (bicyclic) bond motifs is 1. The molecule has 6 rings (SSSR count). The van der Waals surface area contributed by atoms with Gasteiger partial charge in [-0.3, -0.25) is 14.9 Å². The van der Waals surface area contributed by atoms with E-state index in [0.717, 1.165) is 41.8 Å². The Morgan fingerprint density at radius 2 is 1.90 bits per heavy atom. The highest BCUT2D eigenvalue weighted by molar-refractivity contribution is 6.22. The smallest absolute Gasteiger partial charge is 0.270 e. The Balaban J connectivity index is 1.39. The van der Waals surface area contributed by atoms with Crippen molar-refractivity contribution in [1.82, 2.24) is 19.4 Å². The summed E-state index contributed by atoms with van der Waals surface area (Å²) in [6.45, 7) is 1.48. The molecule has 3 heterocycles.